The fraction of sp³-hybridized carbons (Fsp3) is 0.0625. The van der Waals surface area contributed by atoms with Crippen LogP contribution in [-0.2, 0) is 9.08 Å². The fourth-order valence-corrected chi connectivity index (χ4v) is 2.12. The first-order chi connectivity index (χ1) is 11.4. The van der Waals surface area contributed by atoms with Gasteiger partial charge in [-0.1, -0.05) is 18.2 Å². The predicted octanol–water partition coefficient (Wildman–Crippen LogP) is 4.09. The van der Waals surface area contributed by atoms with Gasteiger partial charge in [0.2, 0.25) is 0 Å². The third-order valence-corrected chi connectivity index (χ3v) is 3.18. The van der Waals surface area contributed by atoms with Crippen LogP contribution < -0.4 is 9.47 Å². The topological polar surface area (TPSA) is 78.9 Å². The molecule has 0 saturated heterocycles. The van der Waals surface area contributed by atoms with Crippen LogP contribution in [0.25, 0.3) is 0 Å². The number of carbonyl (C=O) groups excluding carboxylic acids is 3. The highest BCUT2D eigenvalue weighted by Crippen LogP contribution is 2.37. The number of esters is 1. The average molecular weight is 369 g/mol. The summed E-state index contributed by atoms with van der Waals surface area (Å²) >= 11 is 10.6. The number of hydrogen-bond donors (Lipinski definition) is 0. The summed E-state index contributed by atoms with van der Waals surface area (Å²) in [4.78, 5) is 34.5. The molecule has 0 N–H and O–H groups in total. The first-order valence-corrected chi connectivity index (χ1v) is 7.23. The lowest BCUT2D eigenvalue weighted by Crippen LogP contribution is -2.09. The van der Waals surface area contributed by atoms with Gasteiger partial charge in [-0.15, -0.1) is 0 Å². The van der Waals surface area contributed by atoms with E-state index in [1.165, 1.54) is 30.3 Å². The smallest absolute Gasteiger partial charge is 0.360 e. The minimum atomic E-state index is -0.930. The zero-order chi connectivity index (χ0) is 17.7. The van der Waals surface area contributed by atoms with Gasteiger partial charge in [0.25, 0.3) is 5.24 Å². The van der Waals surface area contributed by atoms with E-state index >= 15 is 0 Å². The summed E-state index contributed by atoms with van der Waals surface area (Å²) in [6.07, 6.45) is 0. The number of rotatable bonds is 5. The van der Waals surface area contributed by atoms with Crippen molar-refractivity contribution in [2.45, 2.75) is 6.92 Å². The summed E-state index contributed by atoms with van der Waals surface area (Å²) in [5.41, 5.74) is -0.00866. The van der Waals surface area contributed by atoms with Crippen LogP contribution in [0.5, 0.6) is 17.2 Å². The minimum Gasteiger partial charge on any atom is -0.453 e. The van der Waals surface area contributed by atoms with Crippen molar-refractivity contribution >= 4 is 40.6 Å². The van der Waals surface area contributed by atoms with E-state index in [4.69, 9.17) is 32.9 Å². The Labute approximate surface area is 147 Å². The lowest BCUT2D eigenvalue weighted by atomic mass is 10.1. The Morgan fingerprint density at radius 2 is 1.54 bits per heavy atom. The Hall–Kier alpha value is -2.57. The number of benzene rings is 2. The molecule has 0 aliphatic carbocycles. The Balaban J connectivity index is 2.52. The van der Waals surface area contributed by atoms with Crippen LogP contribution in [0.1, 0.15) is 27.6 Å². The summed E-state index contributed by atoms with van der Waals surface area (Å²) in [5.74, 6) is -1.67. The lowest BCUT2D eigenvalue weighted by Gasteiger charge is -2.14. The molecule has 6 nitrogen and oxygen atoms in total. The quantitative estimate of drug-likeness (QED) is 0.449. The number of ether oxygens (including phenoxy) is 2. The van der Waals surface area contributed by atoms with Crippen molar-refractivity contribution in [1.82, 2.24) is 0 Å². The molecular weight excluding hydrogens is 359 g/mol. The van der Waals surface area contributed by atoms with Gasteiger partial charge in [0.1, 0.15) is 23.2 Å². The van der Waals surface area contributed by atoms with Gasteiger partial charge >= 0.3 is 11.9 Å². The van der Waals surface area contributed by atoms with Crippen LogP contribution in [0.3, 0.4) is 0 Å². The van der Waals surface area contributed by atoms with E-state index in [0.29, 0.717) is 0 Å². The molecule has 24 heavy (non-hydrogen) atoms. The van der Waals surface area contributed by atoms with E-state index in [2.05, 4.69) is 4.29 Å². The van der Waals surface area contributed by atoms with E-state index in [1.807, 2.05) is 0 Å². The van der Waals surface area contributed by atoms with Gasteiger partial charge in [0, 0.05) is 6.92 Å². The molecule has 0 heterocycles. The summed E-state index contributed by atoms with van der Waals surface area (Å²) in [7, 11) is 0. The Morgan fingerprint density at radius 1 is 0.917 bits per heavy atom. The third-order valence-electron chi connectivity index (χ3n) is 2.83. The van der Waals surface area contributed by atoms with Gasteiger partial charge in [0.15, 0.2) is 11.5 Å². The molecule has 2 rings (SSSR count). The van der Waals surface area contributed by atoms with E-state index in [9.17, 15) is 14.4 Å². The molecule has 0 radical (unpaired) electrons. The highest BCUT2D eigenvalue weighted by Gasteiger charge is 2.22. The highest BCUT2D eigenvalue weighted by molar-refractivity contribution is 6.68. The molecule has 0 fully saturated rings. The van der Waals surface area contributed by atoms with Crippen molar-refractivity contribution in [1.29, 1.82) is 0 Å². The SMILES string of the molecule is CC(=O)Oc1c(Oc2ccccc2C(=O)Cl)cccc1C(=O)OCl. The number of halogens is 2. The second-order valence-corrected chi connectivity index (χ2v) is 4.96. The van der Waals surface area contributed by atoms with Gasteiger partial charge in [-0.05, 0) is 35.9 Å². The molecule has 8 heteroatoms. The maximum Gasteiger partial charge on any atom is 0.360 e. The summed E-state index contributed by atoms with van der Waals surface area (Å²) < 4.78 is 14.8. The first-order valence-electron chi connectivity index (χ1n) is 6.55. The maximum absolute atomic E-state index is 11.7. The zero-order valence-electron chi connectivity index (χ0n) is 12.2. The summed E-state index contributed by atoms with van der Waals surface area (Å²) in [6.45, 7) is 1.16. The molecule has 0 atom stereocenters. The van der Waals surface area contributed by atoms with Crippen LogP contribution in [0, 0.1) is 0 Å². The van der Waals surface area contributed by atoms with E-state index < -0.39 is 17.2 Å². The Morgan fingerprint density at radius 3 is 2.17 bits per heavy atom. The van der Waals surface area contributed by atoms with Crippen LogP contribution in [-0.4, -0.2) is 17.2 Å². The lowest BCUT2D eigenvalue weighted by molar-refractivity contribution is -0.132. The van der Waals surface area contributed by atoms with Gasteiger partial charge in [-0.25, -0.2) is 4.79 Å². The van der Waals surface area contributed by atoms with E-state index in [0.717, 1.165) is 6.92 Å². The molecule has 0 unspecified atom stereocenters. The van der Waals surface area contributed by atoms with Crippen LogP contribution >= 0.6 is 23.5 Å². The summed E-state index contributed by atoms with van der Waals surface area (Å²) in [6, 6.07) is 10.5. The van der Waals surface area contributed by atoms with Crippen LogP contribution in [0.2, 0.25) is 0 Å². The van der Waals surface area contributed by atoms with Crippen molar-refractivity contribution in [2.75, 3.05) is 0 Å². The first kappa shape index (κ1) is 17.8. The largest absolute Gasteiger partial charge is 0.453 e. The van der Waals surface area contributed by atoms with Crippen molar-refractivity contribution in [3.63, 3.8) is 0 Å². The molecule has 0 bridgehead atoms. The normalized spacial score (nSPS) is 9.96. The van der Waals surface area contributed by atoms with Crippen molar-refractivity contribution in [3.8, 4) is 17.2 Å². The molecule has 0 spiro atoms. The average Bonchev–Trinajstić information content (AvgIpc) is 2.55. The van der Waals surface area contributed by atoms with Gasteiger partial charge in [-0.3, -0.25) is 9.59 Å². The standard InChI is InChI=1S/C16H10Cl2O6/c1-9(19)22-14-11(16(21)24-18)6-4-8-13(14)23-12-7-3-2-5-10(12)15(17)20/h2-8H,1H3. The van der Waals surface area contributed by atoms with Gasteiger partial charge in [0.05, 0.1) is 5.56 Å². The molecule has 0 aliphatic heterocycles. The van der Waals surface area contributed by atoms with E-state index in [1.54, 1.807) is 12.1 Å². The number of carbonyl (C=O) groups is 3. The molecular formula is C16H10Cl2O6. The van der Waals surface area contributed by atoms with Crippen molar-refractivity contribution in [2.24, 2.45) is 0 Å². The van der Waals surface area contributed by atoms with Gasteiger partial charge in [-0.2, -0.15) is 0 Å². The fourth-order valence-electron chi connectivity index (χ4n) is 1.88. The second-order valence-electron chi connectivity index (χ2n) is 4.46. The molecule has 2 aromatic rings. The highest BCUT2D eigenvalue weighted by atomic mass is 35.5. The second kappa shape index (κ2) is 7.81. The molecule has 0 aromatic heterocycles. The van der Waals surface area contributed by atoms with Crippen molar-refractivity contribution < 1.29 is 28.1 Å². The maximum atomic E-state index is 11.7. The number of hydrogen-bond acceptors (Lipinski definition) is 6. The molecule has 2 aromatic carbocycles. The van der Waals surface area contributed by atoms with Gasteiger partial charge < -0.3 is 13.8 Å². The molecule has 0 saturated carbocycles. The molecule has 124 valence electrons. The molecule has 0 amide bonds. The Kier molecular flexibility index (Phi) is 5.78. The van der Waals surface area contributed by atoms with Crippen LogP contribution in [0.4, 0.5) is 0 Å². The van der Waals surface area contributed by atoms with Crippen molar-refractivity contribution in [3.05, 3.63) is 53.6 Å². The minimum absolute atomic E-state index is 0.00938. The number of para-hydroxylation sites is 2. The molecule has 0 aliphatic rings. The summed E-state index contributed by atoms with van der Waals surface area (Å²) in [5, 5.41) is -0.726. The monoisotopic (exact) mass is 368 g/mol. The Bertz CT molecular complexity index is 803. The van der Waals surface area contributed by atoms with E-state index in [-0.39, 0.29) is 28.4 Å². The third kappa shape index (κ3) is 4.04. The predicted molar refractivity (Wildman–Crippen MR) is 85.7 cm³/mol. The zero-order valence-corrected chi connectivity index (χ0v) is 13.8. The van der Waals surface area contributed by atoms with Crippen LogP contribution in [0.15, 0.2) is 42.5 Å².